The first-order chi connectivity index (χ1) is 16.8. The van der Waals surface area contributed by atoms with Crippen molar-refractivity contribution in [3.05, 3.63) is 91.5 Å². The van der Waals surface area contributed by atoms with Crippen LogP contribution < -0.4 is 21.3 Å². The van der Waals surface area contributed by atoms with Crippen LogP contribution in [0.3, 0.4) is 0 Å². The number of halogens is 1. The number of hydrogen-bond donors (Lipinski definition) is 3. The van der Waals surface area contributed by atoms with Crippen LogP contribution >= 0.6 is 23.4 Å². The number of aromatic amines is 2. The van der Waals surface area contributed by atoms with Crippen molar-refractivity contribution in [3.8, 4) is 11.4 Å². The van der Waals surface area contributed by atoms with E-state index in [2.05, 4.69) is 25.5 Å². The minimum atomic E-state index is -0.609. The van der Waals surface area contributed by atoms with Crippen molar-refractivity contribution < 1.29 is 9.53 Å². The molecule has 2 aromatic heterocycles. The first kappa shape index (κ1) is 24.3. The predicted molar refractivity (Wildman–Crippen MR) is 134 cm³/mol. The minimum Gasteiger partial charge on any atom is -0.497 e. The second-order valence-electron chi connectivity index (χ2n) is 7.53. The third-order valence-electron chi connectivity index (χ3n) is 4.96. The van der Waals surface area contributed by atoms with Gasteiger partial charge in [0, 0.05) is 35.0 Å². The zero-order chi connectivity index (χ0) is 24.9. The number of ether oxygens (including phenoxy) is 1. The average Bonchev–Trinajstić information content (AvgIpc) is 3.21. The van der Waals surface area contributed by atoms with Gasteiger partial charge in [-0.05, 0) is 36.8 Å². The number of methoxy groups -OCH3 is 1. The molecule has 0 saturated carbocycles. The molecular formula is C23H21ClN6O4S. The molecule has 0 spiro atoms. The zero-order valence-corrected chi connectivity index (χ0v) is 20.4. The lowest BCUT2D eigenvalue weighted by atomic mass is 10.2. The molecule has 0 atom stereocenters. The Morgan fingerprint density at radius 2 is 1.97 bits per heavy atom. The molecule has 0 saturated heterocycles. The van der Waals surface area contributed by atoms with Crippen molar-refractivity contribution in [1.82, 2.24) is 24.7 Å². The number of carbonyl (C=O) groups is 1. The lowest BCUT2D eigenvalue weighted by Crippen LogP contribution is -2.23. The van der Waals surface area contributed by atoms with Crippen LogP contribution in [0.25, 0.3) is 5.69 Å². The molecule has 0 radical (unpaired) electrons. The van der Waals surface area contributed by atoms with E-state index < -0.39 is 11.2 Å². The number of nitrogens with one attached hydrogen (secondary N) is 3. The summed E-state index contributed by atoms with van der Waals surface area (Å²) in [7, 11) is 1.56. The van der Waals surface area contributed by atoms with Crippen molar-refractivity contribution >= 4 is 35.0 Å². The number of carbonyl (C=O) groups excluding carboxylic acids is 1. The quantitative estimate of drug-likeness (QED) is 0.309. The molecule has 4 aromatic rings. The monoisotopic (exact) mass is 512 g/mol. The first-order valence-electron chi connectivity index (χ1n) is 10.4. The molecular weight excluding hydrogens is 492 g/mol. The number of H-pyrrole nitrogens is 2. The Hall–Kier alpha value is -3.83. The highest BCUT2D eigenvalue weighted by Gasteiger charge is 2.18. The number of thioether (sulfide) groups is 1. The standard InChI is InChI=1S/C23H21ClN6O4S/c1-13-6-7-14(8-18(13)24)25-21(32)12-35-23-29-28-19(9-15-10-20(31)27-22(33)26-15)30(23)16-4-3-5-17(11-16)34-2/h3-8,10-11H,9,12H2,1-2H3,(H,25,32)(H2,26,27,31,33). The molecule has 10 nitrogen and oxygen atoms in total. The topological polar surface area (TPSA) is 135 Å². The fourth-order valence-corrected chi connectivity index (χ4v) is 4.25. The normalized spacial score (nSPS) is 10.8. The molecule has 35 heavy (non-hydrogen) atoms. The van der Waals surface area contributed by atoms with E-state index in [9.17, 15) is 14.4 Å². The van der Waals surface area contributed by atoms with Crippen LogP contribution in [-0.2, 0) is 11.2 Å². The Morgan fingerprint density at radius 3 is 2.71 bits per heavy atom. The van der Waals surface area contributed by atoms with Gasteiger partial charge in [0.1, 0.15) is 11.6 Å². The number of benzene rings is 2. The van der Waals surface area contributed by atoms with Gasteiger partial charge in [0.05, 0.1) is 18.6 Å². The molecule has 0 aliphatic heterocycles. The van der Waals surface area contributed by atoms with E-state index in [1.807, 2.05) is 25.1 Å². The Labute approximate surface area is 208 Å². The fraction of sp³-hybridized carbons (Fsp3) is 0.174. The van der Waals surface area contributed by atoms with Gasteiger partial charge in [-0.1, -0.05) is 35.5 Å². The molecule has 12 heteroatoms. The summed E-state index contributed by atoms with van der Waals surface area (Å²) in [6, 6.07) is 13.8. The molecule has 0 aliphatic rings. The van der Waals surface area contributed by atoms with Gasteiger partial charge in [0.15, 0.2) is 5.16 Å². The highest BCUT2D eigenvalue weighted by molar-refractivity contribution is 7.99. The fourth-order valence-electron chi connectivity index (χ4n) is 3.30. The first-order valence-corrected chi connectivity index (χ1v) is 11.8. The van der Waals surface area contributed by atoms with Gasteiger partial charge in [0.2, 0.25) is 5.91 Å². The van der Waals surface area contributed by atoms with Gasteiger partial charge in [-0.3, -0.25) is 19.1 Å². The minimum absolute atomic E-state index is 0.0649. The molecule has 3 N–H and O–H groups in total. The van der Waals surface area contributed by atoms with Gasteiger partial charge in [-0.2, -0.15) is 0 Å². The second-order valence-corrected chi connectivity index (χ2v) is 8.88. The van der Waals surface area contributed by atoms with Crippen molar-refractivity contribution in [2.24, 2.45) is 0 Å². The highest BCUT2D eigenvalue weighted by Crippen LogP contribution is 2.26. The van der Waals surface area contributed by atoms with Crippen molar-refractivity contribution in [1.29, 1.82) is 0 Å². The SMILES string of the molecule is COc1cccc(-n2c(Cc3cc(=O)[nH]c(=O)[nH]3)nnc2SCC(=O)Nc2ccc(C)c(Cl)c2)c1. The maximum atomic E-state index is 12.6. The molecule has 1 amide bonds. The number of amides is 1. The summed E-state index contributed by atoms with van der Waals surface area (Å²) in [5.41, 5.74) is 1.46. The number of hydrogen-bond acceptors (Lipinski definition) is 7. The molecule has 2 heterocycles. The van der Waals surface area contributed by atoms with Crippen molar-refractivity contribution in [2.75, 3.05) is 18.2 Å². The lowest BCUT2D eigenvalue weighted by Gasteiger charge is -2.12. The van der Waals surface area contributed by atoms with Crippen LogP contribution in [0.4, 0.5) is 5.69 Å². The maximum Gasteiger partial charge on any atom is 0.325 e. The molecule has 4 rings (SSSR count). The number of aromatic nitrogens is 5. The van der Waals surface area contributed by atoms with E-state index in [0.29, 0.717) is 38.8 Å². The Balaban J connectivity index is 1.60. The largest absolute Gasteiger partial charge is 0.497 e. The summed E-state index contributed by atoms with van der Waals surface area (Å²) < 4.78 is 7.09. The average molecular weight is 513 g/mol. The summed E-state index contributed by atoms with van der Waals surface area (Å²) in [6.07, 6.45) is 0.137. The van der Waals surface area contributed by atoms with Crippen LogP contribution in [0.5, 0.6) is 5.75 Å². The van der Waals surface area contributed by atoms with E-state index in [0.717, 1.165) is 5.56 Å². The van der Waals surface area contributed by atoms with E-state index in [-0.39, 0.29) is 18.1 Å². The Kier molecular flexibility index (Phi) is 7.37. The highest BCUT2D eigenvalue weighted by atomic mass is 35.5. The van der Waals surface area contributed by atoms with Crippen LogP contribution in [0.15, 0.2) is 63.3 Å². The molecule has 0 bridgehead atoms. The Morgan fingerprint density at radius 1 is 1.14 bits per heavy atom. The summed E-state index contributed by atoms with van der Waals surface area (Å²) in [5.74, 6) is 0.912. The maximum absolute atomic E-state index is 12.6. The number of nitrogens with zero attached hydrogens (tertiary/aromatic N) is 3. The van der Waals surface area contributed by atoms with Gasteiger partial charge < -0.3 is 15.0 Å². The number of aryl methyl sites for hydroxylation is 1. The van der Waals surface area contributed by atoms with Crippen LogP contribution in [-0.4, -0.2) is 43.5 Å². The van der Waals surface area contributed by atoms with Crippen LogP contribution in [0.2, 0.25) is 5.02 Å². The molecule has 0 fully saturated rings. The summed E-state index contributed by atoms with van der Waals surface area (Å²) in [5, 5.41) is 12.3. The molecule has 0 aliphatic carbocycles. The summed E-state index contributed by atoms with van der Waals surface area (Å²) in [6.45, 7) is 1.88. The molecule has 0 unspecified atom stereocenters. The zero-order valence-electron chi connectivity index (χ0n) is 18.8. The number of anilines is 1. The van der Waals surface area contributed by atoms with E-state index in [1.54, 1.807) is 35.9 Å². The summed E-state index contributed by atoms with van der Waals surface area (Å²) in [4.78, 5) is 40.7. The molecule has 2 aromatic carbocycles. The third kappa shape index (κ3) is 6.00. The predicted octanol–water partition coefficient (Wildman–Crippen LogP) is 2.94. The van der Waals surface area contributed by atoms with Crippen LogP contribution in [0.1, 0.15) is 17.1 Å². The third-order valence-corrected chi connectivity index (χ3v) is 6.30. The van der Waals surface area contributed by atoms with Gasteiger partial charge in [-0.25, -0.2) is 4.79 Å². The van der Waals surface area contributed by atoms with Gasteiger partial charge in [-0.15, -0.1) is 10.2 Å². The van der Waals surface area contributed by atoms with Gasteiger partial charge >= 0.3 is 5.69 Å². The molecule has 180 valence electrons. The second kappa shape index (κ2) is 10.6. The van der Waals surface area contributed by atoms with E-state index in [4.69, 9.17) is 16.3 Å². The van der Waals surface area contributed by atoms with Crippen LogP contribution in [0, 0.1) is 6.92 Å². The number of rotatable bonds is 8. The summed E-state index contributed by atoms with van der Waals surface area (Å²) >= 11 is 7.33. The Bertz CT molecular complexity index is 1470. The van der Waals surface area contributed by atoms with E-state index >= 15 is 0 Å². The van der Waals surface area contributed by atoms with Crippen molar-refractivity contribution in [2.45, 2.75) is 18.5 Å². The lowest BCUT2D eigenvalue weighted by molar-refractivity contribution is -0.113. The van der Waals surface area contributed by atoms with E-state index in [1.165, 1.54) is 17.8 Å². The van der Waals surface area contributed by atoms with Gasteiger partial charge in [0.25, 0.3) is 5.56 Å². The smallest absolute Gasteiger partial charge is 0.325 e. The van der Waals surface area contributed by atoms with Crippen molar-refractivity contribution in [3.63, 3.8) is 0 Å².